The van der Waals surface area contributed by atoms with Gasteiger partial charge < -0.3 is 21.3 Å². The molecule has 0 saturated carbocycles. The van der Waals surface area contributed by atoms with Gasteiger partial charge >= 0.3 is 0 Å². The second-order valence-electron chi connectivity index (χ2n) is 7.52. The molecule has 8 nitrogen and oxygen atoms in total. The number of carbonyl (C=O) groups is 2. The van der Waals surface area contributed by atoms with Crippen molar-refractivity contribution in [3.8, 4) is 0 Å². The third-order valence-corrected chi connectivity index (χ3v) is 4.91. The highest BCUT2D eigenvalue weighted by Gasteiger charge is 2.19. The quantitative estimate of drug-likeness (QED) is 0.308. The molecule has 1 aromatic heterocycles. The number of nitrogen functional groups attached to an aromatic ring is 2. The number of benzene rings is 1. The standard InChI is InChI=1S/C20H27ClN6O2/c1-27(2,12-7-6-10-15(28)14-8-4-3-5-9-14)13-11-24-20(29)16-18(22)26-19(23)17(21)25-16/h3-5,8-9H,6-7,10-13H2,1-2H3,(H4-,22,23,24,26,29)/p+1. The van der Waals surface area contributed by atoms with Gasteiger partial charge in [0, 0.05) is 12.0 Å². The number of amides is 1. The minimum Gasteiger partial charge on any atom is -0.382 e. The number of rotatable bonds is 10. The number of nitrogens with two attached hydrogens (primary N) is 2. The Kier molecular flexibility index (Phi) is 7.92. The lowest BCUT2D eigenvalue weighted by Gasteiger charge is -2.29. The number of halogens is 1. The molecule has 0 aliphatic carbocycles. The van der Waals surface area contributed by atoms with Gasteiger partial charge in [-0.15, -0.1) is 0 Å². The van der Waals surface area contributed by atoms with Gasteiger partial charge in [0.15, 0.2) is 28.3 Å². The van der Waals surface area contributed by atoms with Crippen LogP contribution in [0.3, 0.4) is 0 Å². The van der Waals surface area contributed by atoms with Crippen LogP contribution < -0.4 is 16.8 Å². The smallest absolute Gasteiger partial charge is 0.273 e. The average molecular weight is 420 g/mol. The summed E-state index contributed by atoms with van der Waals surface area (Å²) in [7, 11) is 4.17. The fourth-order valence-corrected chi connectivity index (χ4v) is 3.00. The molecule has 1 aromatic carbocycles. The fourth-order valence-electron chi connectivity index (χ4n) is 2.87. The Balaban J connectivity index is 1.72. The average Bonchev–Trinajstić information content (AvgIpc) is 2.68. The van der Waals surface area contributed by atoms with Gasteiger partial charge in [0.05, 0.1) is 33.7 Å². The van der Waals surface area contributed by atoms with Gasteiger partial charge in [0.1, 0.15) is 0 Å². The van der Waals surface area contributed by atoms with Gasteiger partial charge in [-0.1, -0.05) is 41.9 Å². The SMILES string of the molecule is C[N+](C)(CCCCC(=O)c1ccccc1)CCNC(=O)c1nc(Cl)c(N)nc1N. The fraction of sp³-hybridized carbons (Fsp3) is 0.400. The van der Waals surface area contributed by atoms with Crippen molar-refractivity contribution in [3.63, 3.8) is 0 Å². The second kappa shape index (κ2) is 10.2. The molecule has 9 heteroatoms. The minimum atomic E-state index is -0.439. The van der Waals surface area contributed by atoms with Gasteiger partial charge in [0.25, 0.3) is 5.91 Å². The molecule has 29 heavy (non-hydrogen) atoms. The Morgan fingerprint density at radius 3 is 2.41 bits per heavy atom. The third kappa shape index (κ3) is 6.99. The van der Waals surface area contributed by atoms with Crippen molar-refractivity contribution in [2.45, 2.75) is 19.3 Å². The molecule has 156 valence electrons. The molecule has 0 fully saturated rings. The third-order valence-electron chi connectivity index (χ3n) is 4.64. The number of likely N-dealkylation sites (N-methyl/N-ethyl adjacent to an activating group) is 1. The molecular formula is C20H28ClN6O2+. The summed E-state index contributed by atoms with van der Waals surface area (Å²) >= 11 is 5.81. The van der Waals surface area contributed by atoms with Crippen LogP contribution in [-0.2, 0) is 0 Å². The number of anilines is 2. The van der Waals surface area contributed by atoms with Crippen LogP contribution in [0.1, 0.15) is 40.1 Å². The van der Waals surface area contributed by atoms with Crippen LogP contribution in [0.15, 0.2) is 30.3 Å². The summed E-state index contributed by atoms with van der Waals surface area (Å²) in [6, 6.07) is 9.34. The van der Waals surface area contributed by atoms with Crippen LogP contribution in [-0.4, -0.2) is 59.9 Å². The summed E-state index contributed by atoms with van der Waals surface area (Å²) in [4.78, 5) is 32.1. The molecule has 2 rings (SSSR count). The van der Waals surface area contributed by atoms with Crippen molar-refractivity contribution in [1.29, 1.82) is 0 Å². The number of carbonyl (C=O) groups excluding carboxylic acids is 2. The maximum atomic E-state index is 12.2. The van der Waals surface area contributed by atoms with Gasteiger partial charge in [0.2, 0.25) is 0 Å². The maximum absolute atomic E-state index is 12.2. The van der Waals surface area contributed by atoms with Gasteiger partial charge in [-0.25, -0.2) is 9.97 Å². The lowest BCUT2D eigenvalue weighted by Crippen LogP contribution is -2.46. The highest BCUT2D eigenvalue weighted by Crippen LogP contribution is 2.17. The zero-order valence-electron chi connectivity index (χ0n) is 16.8. The first-order chi connectivity index (χ1) is 13.7. The number of quaternary nitrogens is 1. The number of aromatic nitrogens is 2. The summed E-state index contributed by atoms with van der Waals surface area (Å²) in [6.45, 7) is 2.06. The predicted octanol–water partition coefficient (Wildman–Crippen LogP) is 2.15. The van der Waals surface area contributed by atoms with Crippen molar-refractivity contribution in [3.05, 3.63) is 46.7 Å². The van der Waals surface area contributed by atoms with E-state index in [-0.39, 0.29) is 28.3 Å². The number of nitrogens with one attached hydrogen (secondary N) is 1. The highest BCUT2D eigenvalue weighted by atomic mass is 35.5. The van der Waals surface area contributed by atoms with Crippen molar-refractivity contribution >= 4 is 34.9 Å². The molecule has 0 radical (unpaired) electrons. The number of hydrogen-bond donors (Lipinski definition) is 3. The predicted molar refractivity (Wildman–Crippen MR) is 115 cm³/mol. The summed E-state index contributed by atoms with van der Waals surface area (Å²) in [5.74, 6) is -0.333. The number of unbranched alkanes of at least 4 members (excludes halogenated alkanes) is 1. The second-order valence-corrected chi connectivity index (χ2v) is 7.88. The number of ketones is 1. The molecule has 0 bridgehead atoms. The normalized spacial score (nSPS) is 11.3. The van der Waals surface area contributed by atoms with Crippen LogP contribution in [0.5, 0.6) is 0 Å². The summed E-state index contributed by atoms with van der Waals surface area (Å²) in [6.07, 6.45) is 2.29. The topological polar surface area (TPSA) is 124 Å². The molecule has 1 heterocycles. The summed E-state index contributed by atoms with van der Waals surface area (Å²) in [5.41, 5.74) is 11.9. The van der Waals surface area contributed by atoms with E-state index in [4.69, 9.17) is 23.1 Å². The first-order valence-electron chi connectivity index (χ1n) is 9.46. The largest absolute Gasteiger partial charge is 0.382 e. The molecule has 0 unspecified atom stereocenters. The van der Waals surface area contributed by atoms with Crippen LogP contribution in [0.4, 0.5) is 11.6 Å². The van der Waals surface area contributed by atoms with E-state index < -0.39 is 5.91 Å². The van der Waals surface area contributed by atoms with Crippen molar-refractivity contribution in [1.82, 2.24) is 15.3 Å². The van der Waals surface area contributed by atoms with E-state index in [1.54, 1.807) is 0 Å². The Morgan fingerprint density at radius 1 is 1.03 bits per heavy atom. The molecule has 0 aliphatic heterocycles. The Hall–Kier alpha value is -2.71. The highest BCUT2D eigenvalue weighted by molar-refractivity contribution is 6.31. The van der Waals surface area contributed by atoms with E-state index in [0.717, 1.165) is 24.9 Å². The van der Waals surface area contributed by atoms with Gasteiger partial charge in [-0.05, 0) is 12.8 Å². The van der Waals surface area contributed by atoms with E-state index in [0.29, 0.717) is 24.0 Å². The molecule has 0 atom stereocenters. The zero-order chi connectivity index (χ0) is 21.4. The Bertz CT molecular complexity index is 858. The minimum absolute atomic E-state index is 0.00994. The first-order valence-corrected chi connectivity index (χ1v) is 9.84. The molecule has 0 spiro atoms. The van der Waals surface area contributed by atoms with Crippen LogP contribution in [0.2, 0.25) is 5.15 Å². The van der Waals surface area contributed by atoms with Gasteiger partial charge in [-0.3, -0.25) is 9.59 Å². The zero-order valence-corrected chi connectivity index (χ0v) is 17.6. The van der Waals surface area contributed by atoms with E-state index >= 15 is 0 Å². The van der Waals surface area contributed by atoms with Gasteiger partial charge in [-0.2, -0.15) is 0 Å². The number of nitrogens with zero attached hydrogens (tertiary/aromatic N) is 3. The summed E-state index contributed by atoms with van der Waals surface area (Å²) in [5, 5.41) is 2.73. The van der Waals surface area contributed by atoms with E-state index in [9.17, 15) is 9.59 Å². The van der Waals surface area contributed by atoms with Crippen molar-refractivity contribution < 1.29 is 14.1 Å². The summed E-state index contributed by atoms with van der Waals surface area (Å²) < 4.78 is 0.712. The monoisotopic (exact) mass is 419 g/mol. The molecule has 2 aromatic rings. The van der Waals surface area contributed by atoms with E-state index in [1.807, 2.05) is 30.3 Å². The van der Waals surface area contributed by atoms with Crippen LogP contribution in [0.25, 0.3) is 0 Å². The molecule has 1 amide bonds. The Labute approximate surface area is 175 Å². The van der Waals surface area contributed by atoms with E-state index in [2.05, 4.69) is 29.4 Å². The maximum Gasteiger partial charge on any atom is 0.273 e. The number of Topliss-reactive ketones (excluding diaryl/α,β-unsaturated/α-hetero) is 1. The van der Waals surface area contributed by atoms with Crippen molar-refractivity contribution in [2.75, 3.05) is 45.2 Å². The van der Waals surface area contributed by atoms with Crippen LogP contribution >= 0.6 is 11.6 Å². The Morgan fingerprint density at radius 2 is 1.72 bits per heavy atom. The van der Waals surface area contributed by atoms with E-state index in [1.165, 1.54) is 0 Å². The lowest BCUT2D eigenvalue weighted by molar-refractivity contribution is -0.889. The first kappa shape index (κ1) is 22.6. The molecule has 0 saturated heterocycles. The molecule has 5 N–H and O–H groups in total. The number of hydrogen-bond acceptors (Lipinski definition) is 6. The van der Waals surface area contributed by atoms with Crippen LogP contribution in [0, 0.1) is 0 Å². The van der Waals surface area contributed by atoms with Crippen molar-refractivity contribution in [2.24, 2.45) is 0 Å². The lowest BCUT2D eigenvalue weighted by atomic mass is 10.1. The molecular weight excluding hydrogens is 392 g/mol. The molecule has 0 aliphatic rings.